The van der Waals surface area contributed by atoms with E-state index in [1.165, 1.54) is 28.7 Å². The van der Waals surface area contributed by atoms with E-state index in [4.69, 9.17) is 4.74 Å². The van der Waals surface area contributed by atoms with Crippen LogP contribution in [0.4, 0.5) is 18.3 Å². The Morgan fingerprint density at radius 2 is 1.97 bits per heavy atom. The van der Waals surface area contributed by atoms with Crippen LogP contribution >= 0.6 is 22.7 Å². The number of nitrogens with one attached hydrogen (secondary N) is 1. The van der Waals surface area contributed by atoms with Crippen LogP contribution in [0.3, 0.4) is 0 Å². The molecule has 0 aliphatic carbocycles. The van der Waals surface area contributed by atoms with Gasteiger partial charge in [-0.15, -0.1) is 22.7 Å². The zero-order chi connectivity index (χ0) is 20.9. The summed E-state index contributed by atoms with van der Waals surface area (Å²) in [5, 5.41) is 6.66. The highest BCUT2D eigenvalue weighted by molar-refractivity contribution is 7.14. The average molecular weight is 438 g/mol. The number of halogens is 3. The lowest BCUT2D eigenvalue weighted by Gasteiger charge is -2.03. The first-order valence-corrected chi connectivity index (χ1v) is 10.3. The normalized spacial score (nSPS) is 11.7. The molecule has 1 aromatic carbocycles. The second kappa shape index (κ2) is 9.23. The lowest BCUT2D eigenvalue weighted by Crippen LogP contribution is -2.08. The number of rotatable bonds is 7. The Hall–Kier alpha value is -2.65. The number of thiophene rings is 1. The smallest absolute Gasteiger partial charge is 0.389 e. The molecule has 3 rings (SSSR count). The van der Waals surface area contributed by atoms with Gasteiger partial charge >= 0.3 is 6.18 Å². The number of carbonyl (C=O) groups is 1. The third-order valence-corrected chi connectivity index (χ3v) is 5.59. The van der Waals surface area contributed by atoms with E-state index in [0.717, 1.165) is 21.9 Å². The molecule has 0 aliphatic heterocycles. The number of hydrogen-bond acceptors (Lipinski definition) is 5. The summed E-state index contributed by atoms with van der Waals surface area (Å²) in [5.74, 6) is 0.392. The second-order valence-electron chi connectivity index (χ2n) is 6.06. The van der Waals surface area contributed by atoms with E-state index in [2.05, 4.69) is 10.3 Å². The predicted molar refractivity (Wildman–Crippen MR) is 110 cm³/mol. The fourth-order valence-electron chi connectivity index (χ4n) is 2.43. The molecule has 29 heavy (non-hydrogen) atoms. The summed E-state index contributed by atoms with van der Waals surface area (Å²) in [6.45, 7) is 0. The third kappa shape index (κ3) is 6.43. The van der Waals surface area contributed by atoms with Crippen LogP contribution in [0.2, 0.25) is 0 Å². The minimum absolute atomic E-state index is 0.0622. The van der Waals surface area contributed by atoms with Crippen LogP contribution in [0.25, 0.3) is 17.3 Å². The van der Waals surface area contributed by atoms with Crippen molar-refractivity contribution >= 4 is 39.8 Å². The number of benzene rings is 1. The van der Waals surface area contributed by atoms with Crippen LogP contribution in [-0.2, 0) is 11.2 Å². The molecule has 3 aromatic rings. The number of carbonyl (C=O) groups excluding carboxylic acids is 1. The number of hydrogen-bond donors (Lipinski definition) is 1. The average Bonchev–Trinajstić information content (AvgIpc) is 3.34. The van der Waals surface area contributed by atoms with Gasteiger partial charge in [-0.2, -0.15) is 13.2 Å². The molecular formula is C20H17F3N2O2S2. The van der Waals surface area contributed by atoms with E-state index >= 15 is 0 Å². The Morgan fingerprint density at radius 1 is 1.21 bits per heavy atom. The molecule has 9 heteroatoms. The Labute approximate surface area is 173 Å². The van der Waals surface area contributed by atoms with Crippen molar-refractivity contribution in [2.24, 2.45) is 0 Å². The zero-order valence-corrected chi connectivity index (χ0v) is 17.0. The van der Waals surface area contributed by atoms with E-state index in [0.29, 0.717) is 10.7 Å². The summed E-state index contributed by atoms with van der Waals surface area (Å²) in [5.41, 5.74) is 2.25. The van der Waals surface area contributed by atoms with Gasteiger partial charge in [-0.1, -0.05) is 0 Å². The van der Waals surface area contributed by atoms with Gasteiger partial charge in [0.1, 0.15) is 5.75 Å². The molecule has 0 atom stereocenters. The monoisotopic (exact) mass is 438 g/mol. The van der Waals surface area contributed by atoms with E-state index < -0.39 is 12.6 Å². The van der Waals surface area contributed by atoms with E-state index in [1.54, 1.807) is 24.6 Å². The molecule has 0 bridgehead atoms. The molecular weight excluding hydrogens is 421 g/mol. The van der Waals surface area contributed by atoms with Gasteiger partial charge in [-0.05, 0) is 53.8 Å². The second-order valence-corrected chi connectivity index (χ2v) is 7.86. The van der Waals surface area contributed by atoms with Crippen molar-refractivity contribution in [2.75, 3.05) is 12.4 Å². The summed E-state index contributed by atoms with van der Waals surface area (Å²) < 4.78 is 42.0. The Bertz CT molecular complexity index is 992. The summed E-state index contributed by atoms with van der Waals surface area (Å²) in [6, 6.07) is 9.09. The van der Waals surface area contributed by atoms with E-state index in [-0.39, 0.29) is 12.3 Å². The van der Waals surface area contributed by atoms with Crippen molar-refractivity contribution in [2.45, 2.75) is 19.0 Å². The SMILES string of the molecule is COc1ccc(-c2csc(NC(=O)/C=C/c3cc(CCC(F)(F)F)cs3)n2)cc1. The maximum Gasteiger partial charge on any atom is 0.389 e. The standard InChI is InChI=1S/C20H17F3N2O2S2/c1-27-15-4-2-14(3-5-15)17-12-29-19(24-17)25-18(26)7-6-16-10-13(11-28-16)8-9-20(21,22)23/h2-7,10-12H,8-9H2,1H3,(H,24,25,26)/b7-6+. The van der Waals surface area contributed by atoms with Gasteiger partial charge in [0.05, 0.1) is 12.8 Å². The molecule has 2 aromatic heterocycles. The van der Waals surface area contributed by atoms with Crippen LogP contribution in [0.5, 0.6) is 5.75 Å². The Morgan fingerprint density at radius 3 is 2.66 bits per heavy atom. The zero-order valence-electron chi connectivity index (χ0n) is 15.3. The molecule has 2 heterocycles. The maximum absolute atomic E-state index is 12.3. The van der Waals surface area contributed by atoms with Crippen molar-refractivity contribution in [3.8, 4) is 17.0 Å². The third-order valence-electron chi connectivity index (χ3n) is 3.89. The topological polar surface area (TPSA) is 51.2 Å². The van der Waals surface area contributed by atoms with Crippen LogP contribution in [-0.4, -0.2) is 24.2 Å². The lowest BCUT2D eigenvalue weighted by molar-refractivity contribution is -0.134. The van der Waals surface area contributed by atoms with Crippen molar-refractivity contribution in [3.05, 3.63) is 57.6 Å². The molecule has 0 fully saturated rings. The van der Waals surface area contributed by atoms with Crippen LogP contribution in [0.15, 0.2) is 47.2 Å². The van der Waals surface area contributed by atoms with Gasteiger partial charge in [-0.3, -0.25) is 10.1 Å². The Balaban J connectivity index is 1.55. The van der Waals surface area contributed by atoms with Crippen molar-refractivity contribution in [3.63, 3.8) is 0 Å². The predicted octanol–water partition coefficient (Wildman–Crippen LogP) is 6.03. The number of aromatic nitrogens is 1. The van der Waals surface area contributed by atoms with E-state index in [9.17, 15) is 18.0 Å². The number of alkyl halides is 3. The van der Waals surface area contributed by atoms with Gasteiger partial charge in [-0.25, -0.2) is 4.98 Å². The highest BCUT2D eigenvalue weighted by Crippen LogP contribution is 2.27. The van der Waals surface area contributed by atoms with Gasteiger partial charge < -0.3 is 4.74 Å². The van der Waals surface area contributed by atoms with Crippen molar-refractivity contribution in [1.82, 2.24) is 4.98 Å². The molecule has 1 amide bonds. The molecule has 0 saturated carbocycles. The molecule has 152 valence electrons. The minimum Gasteiger partial charge on any atom is -0.497 e. The number of amides is 1. The molecule has 0 unspecified atom stereocenters. The van der Waals surface area contributed by atoms with Gasteiger partial charge in [0.2, 0.25) is 5.91 Å². The van der Waals surface area contributed by atoms with E-state index in [1.807, 2.05) is 29.6 Å². The fraction of sp³-hybridized carbons (Fsp3) is 0.200. The number of nitrogens with zero attached hydrogens (tertiary/aromatic N) is 1. The fourth-order valence-corrected chi connectivity index (χ4v) is 3.99. The van der Waals surface area contributed by atoms with Gasteiger partial charge in [0, 0.05) is 28.3 Å². The first kappa shape index (κ1) is 21.1. The van der Waals surface area contributed by atoms with Crippen molar-refractivity contribution < 1.29 is 22.7 Å². The molecule has 0 radical (unpaired) electrons. The van der Waals surface area contributed by atoms with Crippen LogP contribution in [0, 0.1) is 0 Å². The highest BCUT2D eigenvalue weighted by atomic mass is 32.1. The van der Waals surface area contributed by atoms with Gasteiger partial charge in [0.25, 0.3) is 0 Å². The first-order valence-electron chi connectivity index (χ1n) is 8.55. The minimum atomic E-state index is -4.17. The summed E-state index contributed by atoms with van der Waals surface area (Å²) in [4.78, 5) is 17.2. The Kier molecular flexibility index (Phi) is 6.71. The molecule has 0 spiro atoms. The number of anilines is 1. The summed E-state index contributed by atoms with van der Waals surface area (Å²) in [7, 11) is 1.60. The lowest BCUT2D eigenvalue weighted by atomic mass is 10.2. The number of aryl methyl sites for hydroxylation is 1. The molecule has 0 saturated heterocycles. The van der Waals surface area contributed by atoms with Gasteiger partial charge in [0.15, 0.2) is 5.13 Å². The highest BCUT2D eigenvalue weighted by Gasteiger charge is 2.26. The number of ether oxygens (including phenoxy) is 1. The van der Waals surface area contributed by atoms with Crippen LogP contribution < -0.4 is 10.1 Å². The van der Waals surface area contributed by atoms with Crippen molar-refractivity contribution in [1.29, 1.82) is 0 Å². The summed E-state index contributed by atoms with van der Waals surface area (Å²) in [6.07, 6.45) is -2.17. The summed E-state index contributed by atoms with van der Waals surface area (Å²) >= 11 is 2.60. The number of methoxy groups -OCH3 is 1. The quantitative estimate of drug-likeness (QED) is 0.459. The molecule has 0 aliphatic rings. The largest absolute Gasteiger partial charge is 0.497 e. The molecule has 4 nitrogen and oxygen atoms in total. The first-order chi connectivity index (χ1) is 13.8. The van der Waals surface area contributed by atoms with Crippen LogP contribution in [0.1, 0.15) is 16.9 Å². The number of thiazole rings is 1. The molecule has 1 N–H and O–H groups in total. The maximum atomic E-state index is 12.3.